The molecule has 0 spiro atoms. The van der Waals surface area contributed by atoms with Gasteiger partial charge in [-0.25, -0.2) is 14.8 Å². The van der Waals surface area contributed by atoms with E-state index in [0.29, 0.717) is 12.4 Å². The number of nitrogens with two attached hydrogens (primary N) is 1. The molecule has 0 unspecified atom stereocenters. The molecule has 0 radical (unpaired) electrons. The number of ether oxygens (including phenoxy) is 1. The molecule has 1 aliphatic heterocycles. The van der Waals surface area contributed by atoms with Crippen molar-refractivity contribution >= 4 is 17.9 Å². The molecule has 262 valence electrons. The average molecular weight is 679 g/mol. The SMILES string of the molecule is COC(=O)N[C@@H](C(=O)N[C@@H](C)c1ncc(-c2ccc(C#Cc3ccc(-c4cnc([C@@H]5CCCN5C(=O)[C@H](N)C(C)C)[nH]4)cc3)cc2)[nH]1)C(C)C. The summed E-state index contributed by atoms with van der Waals surface area (Å²) < 4.78 is 4.65. The van der Waals surface area contributed by atoms with Crippen LogP contribution in [0.3, 0.4) is 0 Å². The van der Waals surface area contributed by atoms with Crippen molar-refractivity contribution in [3.05, 3.63) is 83.7 Å². The van der Waals surface area contributed by atoms with Crippen LogP contribution in [0.4, 0.5) is 4.79 Å². The minimum Gasteiger partial charge on any atom is -0.453 e. The zero-order valence-corrected chi connectivity index (χ0v) is 29.4. The second-order valence-electron chi connectivity index (χ2n) is 13.3. The fourth-order valence-corrected chi connectivity index (χ4v) is 5.85. The van der Waals surface area contributed by atoms with Crippen LogP contribution in [0, 0.1) is 23.7 Å². The molecule has 4 atom stereocenters. The van der Waals surface area contributed by atoms with E-state index in [4.69, 9.17) is 5.73 Å². The number of imidazole rings is 2. The third-order valence-corrected chi connectivity index (χ3v) is 8.97. The first-order chi connectivity index (χ1) is 23.9. The fourth-order valence-electron chi connectivity index (χ4n) is 5.85. The molecule has 6 N–H and O–H groups in total. The Morgan fingerprint density at radius 2 is 1.44 bits per heavy atom. The van der Waals surface area contributed by atoms with E-state index >= 15 is 0 Å². The highest BCUT2D eigenvalue weighted by Gasteiger charge is 2.35. The number of H-pyrrole nitrogens is 2. The second kappa shape index (κ2) is 15.9. The smallest absolute Gasteiger partial charge is 0.407 e. The number of aromatic nitrogens is 4. The summed E-state index contributed by atoms with van der Waals surface area (Å²) in [6.45, 7) is 10.1. The van der Waals surface area contributed by atoms with E-state index in [2.05, 4.69) is 47.1 Å². The van der Waals surface area contributed by atoms with E-state index in [1.807, 2.05) is 94.2 Å². The molecule has 0 bridgehead atoms. The molecule has 2 aromatic heterocycles. The molecule has 50 heavy (non-hydrogen) atoms. The summed E-state index contributed by atoms with van der Waals surface area (Å²) in [5.74, 6) is 7.44. The maximum Gasteiger partial charge on any atom is 0.407 e. The Balaban J connectivity index is 1.18. The Hall–Kier alpha value is -5.41. The zero-order chi connectivity index (χ0) is 35.9. The van der Waals surface area contributed by atoms with Crippen LogP contribution in [-0.2, 0) is 14.3 Å². The molecular formula is C38H46N8O4. The minimum atomic E-state index is -0.738. The minimum absolute atomic E-state index is 0.0193. The molecule has 4 aromatic rings. The molecule has 1 saturated heterocycles. The van der Waals surface area contributed by atoms with Crippen molar-refractivity contribution in [3.8, 4) is 34.4 Å². The molecule has 12 nitrogen and oxygen atoms in total. The van der Waals surface area contributed by atoms with Crippen LogP contribution < -0.4 is 16.4 Å². The van der Waals surface area contributed by atoms with Gasteiger partial charge in [0.1, 0.15) is 17.7 Å². The molecule has 12 heteroatoms. The molecule has 3 heterocycles. The highest BCUT2D eigenvalue weighted by Crippen LogP contribution is 2.32. The summed E-state index contributed by atoms with van der Waals surface area (Å²) >= 11 is 0. The number of hydrogen-bond donors (Lipinski definition) is 5. The second-order valence-corrected chi connectivity index (χ2v) is 13.3. The molecule has 5 rings (SSSR count). The van der Waals surface area contributed by atoms with Crippen molar-refractivity contribution < 1.29 is 19.1 Å². The Morgan fingerprint density at radius 3 is 2.00 bits per heavy atom. The van der Waals surface area contributed by atoms with Crippen molar-refractivity contribution in [2.24, 2.45) is 17.6 Å². The topological polar surface area (TPSA) is 171 Å². The van der Waals surface area contributed by atoms with Crippen LogP contribution in [0.5, 0.6) is 0 Å². The summed E-state index contributed by atoms with van der Waals surface area (Å²) in [4.78, 5) is 55.1. The van der Waals surface area contributed by atoms with E-state index in [1.165, 1.54) is 7.11 Å². The van der Waals surface area contributed by atoms with Gasteiger partial charge in [0, 0.05) is 17.7 Å². The number of benzene rings is 2. The lowest BCUT2D eigenvalue weighted by Crippen LogP contribution is -2.50. The number of amides is 3. The number of carbonyl (C=O) groups excluding carboxylic acids is 3. The number of hydrogen-bond acceptors (Lipinski definition) is 7. The van der Waals surface area contributed by atoms with Gasteiger partial charge >= 0.3 is 6.09 Å². The molecule has 0 saturated carbocycles. The summed E-state index contributed by atoms with van der Waals surface area (Å²) in [5, 5.41) is 5.48. The lowest BCUT2D eigenvalue weighted by molar-refractivity contribution is -0.134. The number of alkyl carbamates (subject to hydrolysis) is 1. The van der Waals surface area contributed by atoms with Gasteiger partial charge in [-0.15, -0.1) is 0 Å². The Labute approximate surface area is 293 Å². The summed E-state index contributed by atoms with van der Waals surface area (Å²) in [7, 11) is 1.26. The largest absolute Gasteiger partial charge is 0.453 e. The van der Waals surface area contributed by atoms with Crippen molar-refractivity contribution in [3.63, 3.8) is 0 Å². The van der Waals surface area contributed by atoms with Crippen molar-refractivity contribution in [1.82, 2.24) is 35.5 Å². The lowest BCUT2D eigenvalue weighted by atomic mass is 10.0. The van der Waals surface area contributed by atoms with Gasteiger partial charge in [-0.2, -0.15) is 0 Å². The van der Waals surface area contributed by atoms with Gasteiger partial charge in [0.05, 0.1) is 49.0 Å². The van der Waals surface area contributed by atoms with Gasteiger partial charge in [0.15, 0.2) is 0 Å². The van der Waals surface area contributed by atoms with Gasteiger partial charge in [0.25, 0.3) is 0 Å². The van der Waals surface area contributed by atoms with Gasteiger partial charge in [-0.05, 0) is 67.0 Å². The van der Waals surface area contributed by atoms with Crippen LogP contribution in [0.2, 0.25) is 0 Å². The number of likely N-dealkylation sites (tertiary alicyclic amines) is 1. The quantitative estimate of drug-likeness (QED) is 0.146. The third-order valence-electron chi connectivity index (χ3n) is 8.97. The first kappa shape index (κ1) is 35.9. The standard InChI is InChI=1S/C38H46N8O4/c1-22(2)32(39)37(48)46-19-7-8-31(46)35-41-21-30(44-35)28-17-13-26(14-18-28)10-9-25-11-15-27(16-12-25)29-20-40-34(43-29)24(5)42-36(47)33(23(3)4)45-38(49)50-6/h11-18,20-24,31-33H,7-8,19,39H2,1-6H3,(H,40,43)(H,41,44)(H,42,47)(H,45,49)/t24-,31-,32+,33+/m0/s1. The fraction of sp³-hybridized carbons (Fsp3) is 0.395. The monoisotopic (exact) mass is 678 g/mol. The molecule has 2 aromatic carbocycles. The predicted molar refractivity (Wildman–Crippen MR) is 191 cm³/mol. The van der Waals surface area contributed by atoms with E-state index < -0.39 is 24.2 Å². The van der Waals surface area contributed by atoms with Crippen molar-refractivity contribution in [2.75, 3.05) is 13.7 Å². The number of nitrogens with zero attached hydrogens (tertiary/aromatic N) is 3. The van der Waals surface area contributed by atoms with Crippen molar-refractivity contribution in [1.29, 1.82) is 0 Å². The molecule has 1 aliphatic rings. The average Bonchev–Trinajstić information content (AvgIpc) is 3.90. The predicted octanol–water partition coefficient (Wildman–Crippen LogP) is 5.07. The third kappa shape index (κ3) is 8.41. The molecule has 3 amide bonds. The van der Waals surface area contributed by atoms with Gasteiger partial charge in [-0.3, -0.25) is 9.59 Å². The maximum atomic E-state index is 13.0. The Kier molecular flexibility index (Phi) is 11.4. The first-order valence-electron chi connectivity index (χ1n) is 17.0. The van der Waals surface area contributed by atoms with E-state index in [1.54, 1.807) is 6.20 Å². The number of carbonyl (C=O) groups is 3. The van der Waals surface area contributed by atoms with E-state index in [0.717, 1.165) is 52.3 Å². The van der Waals surface area contributed by atoms with Gasteiger partial charge < -0.3 is 36.0 Å². The number of aromatic amines is 2. The Morgan fingerprint density at radius 1 is 0.860 bits per heavy atom. The van der Waals surface area contributed by atoms with Crippen LogP contribution >= 0.6 is 0 Å². The molecule has 0 aliphatic carbocycles. The normalized spacial score (nSPS) is 16.0. The van der Waals surface area contributed by atoms with Crippen molar-refractivity contribution in [2.45, 2.75) is 71.6 Å². The lowest BCUT2D eigenvalue weighted by Gasteiger charge is -2.27. The zero-order valence-electron chi connectivity index (χ0n) is 29.4. The van der Waals surface area contributed by atoms with Crippen LogP contribution in [0.1, 0.15) is 82.3 Å². The number of rotatable bonds is 10. The summed E-state index contributed by atoms with van der Waals surface area (Å²) in [6.07, 6.45) is 4.66. The van der Waals surface area contributed by atoms with Crippen LogP contribution in [0.15, 0.2) is 60.9 Å². The maximum absolute atomic E-state index is 13.0. The number of nitrogens with one attached hydrogen (secondary N) is 4. The highest BCUT2D eigenvalue weighted by atomic mass is 16.5. The molecular weight excluding hydrogens is 632 g/mol. The van der Waals surface area contributed by atoms with Crippen LogP contribution in [0.25, 0.3) is 22.5 Å². The number of methoxy groups -OCH3 is 1. The first-order valence-corrected chi connectivity index (χ1v) is 17.0. The molecule has 1 fully saturated rings. The summed E-state index contributed by atoms with van der Waals surface area (Å²) in [5.41, 5.74) is 11.5. The van der Waals surface area contributed by atoms with Gasteiger partial charge in [-0.1, -0.05) is 63.8 Å². The summed E-state index contributed by atoms with van der Waals surface area (Å²) in [6, 6.07) is 14.0. The van der Waals surface area contributed by atoms with E-state index in [9.17, 15) is 14.4 Å². The van der Waals surface area contributed by atoms with Gasteiger partial charge in [0.2, 0.25) is 11.8 Å². The highest BCUT2D eigenvalue weighted by molar-refractivity contribution is 5.86. The van der Waals surface area contributed by atoms with Crippen LogP contribution in [-0.4, -0.2) is 68.5 Å². The Bertz CT molecular complexity index is 1850. The van der Waals surface area contributed by atoms with E-state index in [-0.39, 0.29) is 29.7 Å².